The van der Waals surface area contributed by atoms with E-state index in [0.29, 0.717) is 6.42 Å². The third kappa shape index (κ3) is 19.9. The summed E-state index contributed by atoms with van der Waals surface area (Å²) in [4.78, 5) is 10.3. The summed E-state index contributed by atoms with van der Waals surface area (Å²) in [7, 11) is 0. The van der Waals surface area contributed by atoms with Gasteiger partial charge in [-0.25, -0.2) is 0 Å². The molecule has 2 heteroatoms. The van der Waals surface area contributed by atoms with Gasteiger partial charge in [0.25, 0.3) is 0 Å². The van der Waals surface area contributed by atoms with E-state index in [1.165, 1.54) is 0 Å². The van der Waals surface area contributed by atoms with Gasteiger partial charge in [0.2, 0.25) is 0 Å². The number of carboxylic acid groups (broad SMARTS) is 1. The Kier molecular flexibility index (Phi) is 17.3. The summed E-state index contributed by atoms with van der Waals surface area (Å²) in [6.07, 6.45) is 32.5. The van der Waals surface area contributed by atoms with E-state index in [4.69, 9.17) is 5.11 Å². The normalized spacial score (nSPS) is 13.0. The van der Waals surface area contributed by atoms with Crippen LogP contribution in [0.3, 0.4) is 0 Å². The molecule has 0 atom stereocenters. The summed E-state index contributed by atoms with van der Waals surface area (Å²) in [5.41, 5.74) is 0. The maximum Gasteiger partial charge on any atom is 0.303 e. The lowest BCUT2D eigenvalue weighted by Crippen LogP contribution is -1.91. The van der Waals surface area contributed by atoms with Gasteiger partial charge in [0.15, 0.2) is 0 Å². The Morgan fingerprint density at radius 2 is 0.958 bits per heavy atom. The van der Waals surface area contributed by atoms with Crippen LogP contribution in [0.25, 0.3) is 0 Å². The predicted molar refractivity (Wildman–Crippen MR) is 105 cm³/mol. The second kappa shape index (κ2) is 19.0. The van der Waals surface area contributed by atoms with Crippen molar-refractivity contribution in [3.05, 3.63) is 72.9 Å². The van der Waals surface area contributed by atoms with Crippen LogP contribution >= 0.6 is 0 Å². The Balaban J connectivity index is 3.51. The molecular formula is C22H32O2. The van der Waals surface area contributed by atoms with Crippen LogP contribution in [0.4, 0.5) is 0 Å². The van der Waals surface area contributed by atoms with E-state index >= 15 is 0 Å². The van der Waals surface area contributed by atoms with Crippen molar-refractivity contribution in [2.45, 2.75) is 58.3 Å². The molecule has 0 unspecified atom stereocenters. The molecule has 0 spiro atoms. The monoisotopic (exact) mass is 328 g/mol. The summed E-state index contributed by atoms with van der Waals surface area (Å²) >= 11 is 0. The summed E-state index contributed by atoms with van der Waals surface area (Å²) < 4.78 is 0. The van der Waals surface area contributed by atoms with E-state index < -0.39 is 5.97 Å². The highest BCUT2D eigenvalue weighted by atomic mass is 16.4. The lowest BCUT2D eigenvalue weighted by molar-refractivity contribution is -0.136. The van der Waals surface area contributed by atoms with Crippen molar-refractivity contribution in [1.82, 2.24) is 0 Å². The third-order valence-electron chi connectivity index (χ3n) is 3.12. The number of carbonyl (C=O) groups is 1. The fraction of sp³-hybridized carbons (Fsp3) is 0.409. The van der Waals surface area contributed by atoms with Crippen molar-refractivity contribution in [3.8, 4) is 0 Å². The standard InChI is InChI=1S/C22H32O2/c1-2-3-4-5-6-7-8-9-10-11-12-13-14-15-16-17-18-19-20-21-22(23)24/h3-4,6-7,9-10,12-13,15-16,18-19H,2,5,8,11,14,17,20-21H2,1H3,(H,23,24)/b4-3+,7-6+,10-9-,13-12-,16-15+,19-18-. The number of aliphatic carboxylic acids is 1. The molecule has 0 amide bonds. The number of rotatable bonds is 14. The van der Waals surface area contributed by atoms with Gasteiger partial charge in [-0.2, -0.15) is 0 Å². The molecule has 0 fully saturated rings. The average Bonchev–Trinajstić information content (AvgIpc) is 2.56. The molecule has 0 aliphatic heterocycles. The number of hydrogen-bond donors (Lipinski definition) is 1. The molecule has 0 bridgehead atoms. The van der Waals surface area contributed by atoms with Gasteiger partial charge < -0.3 is 5.11 Å². The van der Waals surface area contributed by atoms with Crippen LogP contribution < -0.4 is 0 Å². The first-order valence-corrected chi connectivity index (χ1v) is 8.89. The zero-order chi connectivity index (χ0) is 17.7. The Morgan fingerprint density at radius 3 is 1.29 bits per heavy atom. The minimum absolute atomic E-state index is 0.210. The van der Waals surface area contributed by atoms with Gasteiger partial charge in [-0.15, -0.1) is 0 Å². The summed E-state index contributed by atoms with van der Waals surface area (Å²) in [6, 6.07) is 0. The summed E-state index contributed by atoms with van der Waals surface area (Å²) in [5, 5.41) is 8.49. The van der Waals surface area contributed by atoms with Crippen LogP contribution in [0.5, 0.6) is 0 Å². The lowest BCUT2D eigenvalue weighted by atomic mass is 10.2. The van der Waals surface area contributed by atoms with Gasteiger partial charge in [0.05, 0.1) is 0 Å². The van der Waals surface area contributed by atoms with Crippen LogP contribution in [0.15, 0.2) is 72.9 Å². The second-order valence-corrected chi connectivity index (χ2v) is 5.35. The van der Waals surface area contributed by atoms with Crippen LogP contribution in [-0.4, -0.2) is 11.1 Å². The zero-order valence-electron chi connectivity index (χ0n) is 14.9. The van der Waals surface area contributed by atoms with Gasteiger partial charge in [-0.05, 0) is 44.9 Å². The van der Waals surface area contributed by atoms with E-state index in [1.54, 1.807) is 0 Å². The second-order valence-electron chi connectivity index (χ2n) is 5.35. The minimum atomic E-state index is -0.741. The molecule has 0 aliphatic rings. The fourth-order valence-electron chi connectivity index (χ4n) is 1.85. The molecule has 0 aromatic carbocycles. The molecule has 0 aromatic heterocycles. The van der Waals surface area contributed by atoms with Crippen LogP contribution in [0.1, 0.15) is 58.3 Å². The van der Waals surface area contributed by atoms with Crippen molar-refractivity contribution in [3.63, 3.8) is 0 Å². The molecule has 0 rings (SSSR count). The molecule has 24 heavy (non-hydrogen) atoms. The maximum absolute atomic E-state index is 10.3. The topological polar surface area (TPSA) is 37.3 Å². The first kappa shape index (κ1) is 21.9. The van der Waals surface area contributed by atoms with Crippen molar-refractivity contribution >= 4 is 5.97 Å². The highest BCUT2D eigenvalue weighted by Gasteiger charge is 1.90. The van der Waals surface area contributed by atoms with E-state index in [0.717, 1.165) is 38.5 Å². The number of allylic oxidation sites excluding steroid dienone is 12. The SMILES string of the molecule is CC/C=C/C/C=C/C/C=C\C/C=C\C/C=C/C/C=C\CCC(=O)O. The van der Waals surface area contributed by atoms with Crippen molar-refractivity contribution in [1.29, 1.82) is 0 Å². The van der Waals surface area contributed by atoms with Crippen LogP contribution in [-0.2, 0) is 4.79 Å². The number of hydrogen-bond acceptors (Lipinski definition) is 1. The molecule has 0 saturated heterocycles. The molecule has 0 radical (unpaired) electrons. The van der Waals surface area contributed by atoms with E-state index in [9.17, 15) is 4.79 Å². The van der Waals surface area contributed by atoms with Crippen molar-refractivity contribution in [2.24, 2.45) is 0 Å². The molecule has 0 aliphatic carbocycles. The Hall–Kier alpha value is -2.09. The van der Waals surface area contributed by atoms with Gasteiger partial charge >= 0.3 is 5.97 Å². The van der Waals surface area contributed by atoms with Gasteiger partial charge in [0.1, 0.15) is 0 Å². The highest BCUT2D eigenvalue weighted by molar-refractivity contribution is 5.66. The molecule has 132 valence electrons. The van der Waals surface area contributed by atoms with Gasteiger partial charge in [-0.1, -0.05) is 79.8 Å². The minimum Gasteiger partial charge on any atom is -0.481 e. The predicted octanol–water partition coefficient (Wildman–Crippen LogP) is 6.55. The smallest absolute Gasteiger partial charge is 0.303 e. The molecule has 1 N–H and O–H groups in total. The first-order valence-electron chi connectivity index (χ1n) is 8.89. The molecule has 0 heterocycles. The molecule has 2 nitrogen and oxygen atoms in total. The average molecular weight is 328 g/mol. The molecule has 0 aromatic rings. The van der Waals surface area contributed by atoms with Crippen molar-refractivity contribution < 1.29 is 9.90 Å². The molecule has 0 saturated carbocycles. The Bertz CT molecular complexity index is 462. The summed E-state index contributed by atoms with van der Waals surface area (Å²) in [5.74, 6) is -0.741. The van der Waals surface area contributed by atoms with E-state index in [2.05, 4.69) is 67.7 Å². The quantitative estimate of drug-likeness (QED) is 0.367. The zero-order valence-corrected chi connectivity index (χ0v) is 14.9. The Labute approximate surface area is 147 Å². The lowest BCUT2D eigenvalue weighted by Gasteiger charge is -1.87. The van der Waals surface area contributed by atoms with Crippen LogP contribution in [0.2, 0.25) is 0 Å². The fourth-order valence-corrected chi connectivity index (χ4v) is 1.85. The maximum atomic E-state index is 10.3. The van der Waals surface area contributed by atoms with E-state index in [-0.39, 0.29) is 6.42 Å². The largest absolute Gasteiger partial charge is 0.481 e. The molecular weight excluding hydrogens is 296 g/mol. The highest BCUT2D eigenvalue weighted by Crippen LogP contribution is 1.97. The third-order valence-corrected chi connectivity index (χ3v) is 3.12. The van der Waals surface area contributed by atoms with Crippen LogP contribution in [0, 0.1) is 0 Å². The van der Waals surface area contributed by atoms with Gasteiger partial charge in [-0.3, -0.25) is 4.79 Å². The number of carboxylic acids is 1. The summed E-state index contributed by atoms with van der Waals surface area (Å²) in [6.45, 7) is 2.15. The first-order chi connectivity index (χ1) is 11.8. The Morgan fingerprint density at radius 1 is 0.625 bits per heavy atom. The van der Waals surface area contributed by atoms with Gasteiger partial charge in [0, 0.05) is 6.42 Å². The van der Waals surface area contributed by atoms with Crippen molar-refractivity contribution in [2.75, 3.05) is 0 Å². The van der Waals surface area contributed by atoms with E-state index in [1.807, 2.05) is 12.2 Å².